The molecule has 0 bridgehead atoms. The van der Waals surface area contributed by atoms with Crippen molar-refractivity contribution >= 4 is 15.7 Å². The van der Waals surface area contributed by atoms with Crippen LogP contribution >= 0.6 is 0 Å². The molecule has 8 nitrogen and oxygen atoms in total. The average molecular weight is 663 g/mol. The third kappa shape index (κ3) is 8.86. The molecule has 0 spiro atoms. The van der Waals surface area contributed by atoms with E-state index in [9.17, 15) is 13.2 Å². The first kappa shape index (κ1) is 33.3. The van der Waals surface area contributed by atoms with Crippen LogP contribution < -0.4 is 5.32 Å². The molecule has 1 amide bonds. The number of likely N-dealkylation sites (tertiary alicyclic amines) is 1. The average Bonchev–Trinajstić information content (AvgIpc) is 3.66. The Labute approximate surface area is 283 Å². The summed E-state index contributed by atoms with van der Waals surface area (Å²) in [7, 11) is -3.18. The van der Waals surface area contributed by atoms with Gasteiger partial charge in [0.15, 0.2) is 15.6 Å². The number of sulfone groups is 1. The van der Waals surface area contributed by atoms with Gasteiger partial charge in [0.1, 0.15) is 0 Å². The number of pyridine rings is 1. The lowest BCUT2D eigenvalue weighted by atomic mass is 10.0. The molecule has 0 atom stereocenters. The quantitative estimate of drug-likeness (QED) is 0.146. The maximum atomic E-state index is 13.6. The van der Waals surface area contributed by atoms with Crippen LogP contribution in [0.3, 0.4) is 0 Å². The normalized spacial score (nSPS) is 14.2. The second-order valence-corrected chi connectivity index (χ2v) is 14.5. The van der Waals surface area contributed by atoms with Crippen molar-refractivity contribution in [1.82, 2.24) is 20.1 Å². The zero-order valence-corrected chi connectivity index (χ0v) is 28.1. The number of benzene rings is 3. The maximum Gasteiger partial charge on any atom is 0.290 e. The molecule has 2 aromatic heterocycles. The zero-order chi connectivity index (χ0) is 33.3. The molecule has 0 aliphatic carbocycles. The first-order chi connectivity index (χ1) is 23.3. The molecular weight excluding hydrogens is 621 g/mol. The molecule has 5 aromatic rings. The van der Waals surface area contributed by atoms with Crippen LogP contribution in [0.2, 0.25) is 0 Å². The molecule has 1 aliphatic rings. The van der Waals surface area contributed by atoms with Gasteiger partial charge in [0.25, 0.3) is 5.91 Å². The molecule has 3 aromatic carbocycles. The minimum atomic E-state index is -3.18. The van der Waals surface area contributed by atoms with Gasteiger partial charge >= 0.3 is 0 Å². The highest BCUT2D eigenvalue weighted by atomic mass is 32.2. The van der Waals surface area contributed by atoms with Gasteiger partial charge in [-0.25, -0.2) is 8.42 Å². The molecule has 1 fully saturated rings. The van der Waals surface area contributed by atoms with Crippen LogP contribution in [0.4, 0.5) is 0 Å². The van der Waals surface area contributed by atoms with Crippen LogP contribution in [-0.4, -0.2) is 61.0 Å². The molecule has 1 aliphatic heterocycles. The van der Waals surface area contributed by atoms with Gasteiger partial charge in [0, 0.05) is 56.8 Å². The first-order valence-electron chi connectivity index (χ1n) is 16.5. The van der Waals surface area contributed by atoms with E-state index < -0.39 is 9.84 Å². The highest BCUT2D eigenvalue weighted by Gasteiger charge is 2.30. The van der Waals surface area contributed by atoms with Crippen LogP contribution in [0, 0.1) is 0 Å². The van der Waals surface area contributed by atoms with Gasteiger partial charge in [0.05, 0.1) is 16.9 Å². The molecule has 3 heterocycles. The number of furan rings is 1. The second-order valence-electron chi connectivity index (χ2n) is 12.5. The Balaban J connectivity index is 1.02. The number of carbonyl (C=O) groups is 1. The van der Waals surface area contributed by atoms with E-state index in [-0.39, 0.29) is 11.9 Å². The monoisotopic (exact) mass is 662 g/mol. The van der Waals surface area contributed by atoms with Gasteiger partial charge in [-0.15, -0.1) is 0 Å². The SMILES string of the molecule is CS(=O)(=O)c1ccc(CCNCc2ccc(-c3ccc(CN(C(=O)c4ccco4)C4CCN(Cc5ccccc5)CC4)cc3)nc2)cc1. The van der Waals surface area contributed by atoms with E-state index in [4.69, 9.17) is 9.40 Å². The Hall–Kier alpha value is -4.57. The van der Waals surface area contributed by atoms with Crippen molar-refractivity contribution in [3.63, 3.8) is 0 Å². The van der Waals surface area contributed by atoms with Gasteiger partial charge in [-0.3, -0.25) is 14.7 Å². The number of nitrogens with zero attached hydrogens (tertiary/aromatic N) is 3. The van der Waals surface area contributed by atoms with Crippen LogP contribution in [-0.2, 0) is 35.9 Å². The number of hydrogen-bond acceptors (Lipinski definition) is 7. The summed E-state index contributed by atoms with van der Waals surface area (Å²) in [5.41, 5.74) is 6.47. The number of piperidine rings is 1. The number of hydrogen-bond donors (Lipinski definition) is 1. The van der Waals surface area contributed by atoms with Crippen molar-refractivity contribution in [2.45, 2.75) is 49.8 Å². The van der Waals surface area contributed by atoms with Crippen molar-refractivity contribution in [3.8, 4) is 11.3 Å². The van der Waals surface area contributed by atoms with Crippen LogP contribution in [0.25, 0.3) is 11.3 Å². The second kappa shape index (κ2) is 15.6. The van der Waals surface area contributed by atoms with Gasteiger partial charge < -0.3 is 14.6 Å². The van der Waals surface area contributed by atoms with Crippen LogP contribution in [0.1, 0.15) is 45.7 Å². The summed E-state index contributed by atoms with van der Waals surface area (Å²) in [6.45, 7) is 4.80. The predicted molar refractivity (Wildman–Crippen MR) is 188 cm³/mol. The van der Waals surface area contributed by atoms with E-state index in [0.717, 1.165) is 73.4 Å². The molecule has 6 rings (SSSR count). The number of carbonyl (C=O) groups excluding carboxylic acids is 1. The highest BCUT2D eigenvalue weighted by molar-refractivity contribution is 7.90. The fraction of sp³-hybridized carbons (Fsp3) is 0.282. The summed E-state index contributed by atoms with van der Waals surface area (Å²) >= 11 is 0. The third-order valence-electron chi connectivity index (χ3n) is 8.94. The molecule has 0 saturated carbocycles. The van der Waals surface area contributed by atoms with Crippen molar-refractivity contribution in [2.24, 2.45) is 0 Å². The van der Waals surface area contributed by atoms with Crippen molar-refractivity contribution in [3.05, 3.63) is 144 Å². The van der Waals surface area contributed by atoms with Crippen LogP contribution in [0.5, 0.6) is 0 Å². The van der Waals surface area contributed by atoms with Crippen molar-refractivity contribution in [1.29, 1.82) is 0 Å². The Bertz CT molecular complexity index is 1850. The third-order valence-corrected chi connectivity index (χ3v) is 10.1. The van der Waals surface area contributed by atoms with Gasteiger partial charge in [-0.2, -0.15) is 0 Å². The lowest BCUT2D eigenvalue weighted by Crippen LogP contribution is -2.46. The first-order valence-corrected chi connectivity index (χ1v) is 18.4. The van der Waals surface area contributed by atoms with E-state index in [1.165, 1.54) is 11.8 Å². The number of amides is 1. The molecule has 0 unspecified atom stereocenters. The molecule has 9 heteroatoms. The fourth-order valence-corrected chi connectivity index (χ4v) is 6.82. The van der Waals surface area contributed by atoms with E-state index in [0.29, 0.717) is 23.7 Å². The standard InChI is InChI=1S/C39H42N4O4S/c1-48(45,46)36-16-11-30(12-17-36)19-22-40-26-33-13-18-37(41-27-33)34-14-9-32(10-15-34)29-43(39(44)38-8-5-25-47-38)35-20-23-42(24-21-35)28-31-6-3-2-4-7-31/h2-18,25,27,35,40H,19-24,26,28-29H2,1H3. The molecule has 48 heavy (non-hydrogen) atoms. The molecule has 1 saturated heterocycles. The van der Waals surface area contributed by atoms with Crippen molar-refractivity contribution < 1.29 is 17.6 Å². The summed E-state index contributed by atoms with van der Waals surface area (Å²) in [5.74, 6) is 0.307. The van der Waals surface area contributed by atoms with E-state index in [1.807, 2.05) is 35.4 Å². The summed E-state index contributed by atoms with van der Waals surface area (Å²) in [4.78, 5) is 23.1. The summed E-state index contributed by atoms with van der Waals surface area (Å²) < 4.78 is 28.8. The summed E-state index contributed by atoms with van der Waals surface area (Å²) in [6.07, 6.45) is 7.31. The molecule has 0 radical (unpaired) electrons. The van der Waals surface area contributed by atoms with Gasteiger partial charge in [0.2, 0.25) is 0 Å². The summed E-state index contributed by atoms with van der Waals surface area (Å²) in [6, 6.07) is 33.7. The molecule has 248 valence electrons. The Kier molecular flexibility index (Phi) is 10.8. The lowest BCUT2D eigenvalue weighted by molar-refractivity contribution is 0.0512. The minimum absolute atomic E-state index is 0.0682. The number of aromatic nitrogens is 1. The van der Waals surface area contributed by atoms with E-state index >= 15 is 0 Å². The fourth-order valence-electron chi connectivity index (χ4n) is 6.19. The van der Waals surface area contributed by atoms with Crippen LogP contribution in [0.15, 0.2) is 125 Å². The zero-order valence-electron chi connectivity index (χ0n) is 27.3. The number of rotatable bonds is 13. The summed E-state index contributed by atoms with van der Waals surface area (Å²) in [5, 5.41) is 3.44. The predicted octanol–water partition coefficient (Wildman–Crippen LogP) is 6.38. The van der Waals surface area contributed by atoms with E-state index in [2.05, 4.69) is 64.8 Å². The highest BCUT2D eigenvalue weighted by Crippen LogP contribution is 2.25. The van der Waals surface area contributed by atoms with Gasteiger partial charge in [-0.1, -0.05) is 72.8 Å². The van der Waals surface area contributed by atoms with Gasteiger partial charge in [-0.05, 0) is 78.4 Å². The maximum absolute atomic E-state index is 13.6. The topological polar surface area (TPSA) is 95.8 Å². The molecular formula is C39H42N4O4S. The van der Waals surface area contributed by atoms with E-state index in [1.54, 1.807) is 30.5 Å². The van der Waals surface area contributed by atoms with Crippen molar-refractivity contribution in [2.75, 3.05) is 25.9 Å². The Morgan fingerprint density at radius 2 is 1.56 bits per heavy atom. The molecule has 1 N–H and O–H groups in total. The lowest BCUT2D eigenvalue weighted by Gasteiger charge is -2.38. The Morgan fingerprint density at radius 1 is 0.854 bits per heavy atom. The smallest absolute Gasteiger partial charge is 0.290 e. The number of nitrogens with one attached hydrogen (secondary N) is 1. The largest absolute Gasteiger partial charge is 0.459 e. The minimum Gasteiger partial charge on any atom is -0.459 e. The Morgan fingerprint density at radius 3 is 2.21 bits per heavy atom.